The van der Waals surface area contributed by atoms with E-state index in [1.807, 2.05) is 22.7 Å². The molecule has 1 aliphatic rings. The van der Waals surface area contributed by atoms with Gasteiger partial charge in [-0.25, -0.2) is 4.98 Å². The van der Waals surface area contributed by atoms with Crippen LogP contribution in [0.1, 0.15) is 23.6 Å². The molecule has 24 heavy (non-hydrogen) atoms. The number of halogens is 1. The van der Waals surface area contributed by atoms with Gasteiger partial charge in [0, 0.05) is 43.3 Å². The Morgan fingerprint density at radius 1 is 1.29 bits per heavy atom. The summed E-state index contributed by atoms with van der Waals surface area (Å²) in [5, 5.41) is 5.28. The van der Waals surface area contributed by atoms with Gasteiger partial charge < -0.3 is 9.64 Å². The standard InChI is InChI=1S/C18H19ClN4O/c1-24-12-14-10-18(23-17(21-14)6-8-20-23)22-9-7-13(11-22)15-4-2-3-5-16(15)19/h2-6,8,10,13H,7,9,11-12H2,1H3/t13-/m1/s1. The van der Waals surface area contributed by atoms with Crippen LogP contribution in [0, 0.1) is 0 Å². The molecule has 0 spiro atoms. The molecule has 6 heteroatoms. The second-order valence-corrected chi connectivity index (χ2v) is 6.50. The highest BCUT2D eigenvalue weighted by Gasteiger charge is 2.27. The van der Waals surface area contributed by atoms with Crippen molar-refractivity contribution in [2.75, 3.05) is 25.1 Å². The predicted octanol–water partition coefficient (Wildman–Crippen LogP) is 3.52. The Kier molecular flexibility index (Phi) is 4.12. The van der Waals surface area contributed by atoms with Crippen molar-refractivity contribution in [2.24, 2.45) is 0 Å². The topological polar surface area (TPSA) is 42.7 Å². The van der Waals surface area contributed by atoms with E-state index in [2.05, 4.69) is 33.2 Å². The van der Waals surface area contributed by atoms with Crippen LogP contribution in [-0.2, 0) is 11.3 Å². The summed E-state index contributed by atoms with van der Waals surface area (Å²) >= 11 is 6.38. The summed E-state index contributed by atoms with van der Waals surface area (Å²) in [6, 6.07) is 12.1. The Morgan fingerprint density at radius 2 is 2.17 bits per heavy atom. The maximum atomic E-state index is 6.38. The van der Waals surface area contributed by atoms with Crippen molar-refractivity contribution in [1.82, 2.24) is 14.6 Å². The van der Waals surface area contributed by atoms with E-state index in [0.717, 1.165) is 41.7 Å². The molecule has 3 heterocycles. The summed E-state index contributed by atoms with van der Waals surface area (Å²) in [5.74, 6) is 1.50. The number of anilines is 1. The summed E-state index contributed by atoms with van der Waals surface area (Å²) < 4.78 is 7.15. The third-order valence-corrected chi connectivity index (χ3v) is 4.89. The summed E-state index contributed by atoms with van der Waals surface area (Å²) in [5.41, 5.74) is 2.99. The Labute approximate surface area is 145 Å². The number of aromatic nitrogens is 3. The monoisotopic (exact) mass is 342 g/mol. The van der Waals surface area contributed by atoms with Crippen LogP contribution in [0.15, 0.2) is 42.6 Å². The molecule has 5 nitrogen and oxygen atoms in total. The molecule has 124 valence electrons. The van der Waals surface area contributed by atoms with Crippen molar-refractivity contribution in [1.29, 1.82) is 0 Å². The number of nitrogens with zero attached hydrogens (tertiary/aromatic N) is 4. The smallest absolute Gasteiger partial charge is 0.157 e. The SMILES string of the molecule is COCc1cc(N2CC[C@@H](c3ccccc3Cl)C2)n2nccc2n1. The third-order valence-electron chi connectivity index (χ3n) is 4.54. The molecule has 1 aromatic carbocycles. The first-order valence-electron chi connectivity index (χ1n) is 8.08. The molecule has 0 bridgehead atoms. The molecular formula is C18H19ClN4O. The van der Waals surface area contributed by atoms with Crippen LogP contribution < -0.4 is 4.90 Å². The van der Waals surface area contributed by atoms with Gasteiger partial charge in [0.1, 0.15) is 5.82 Å². The predicted molar refractivity (Wildman–Crippen MR) is 94.7 cm³/mol. The number of fused-ring (bicyclic) bond motifs is 1. The molecule has 3 aromatic rings. The van der Waals surface area contributed by atoms with Gasteiger partial charge >= 0.3 is 0 Å². The molecule has 1 atom stereocenters. The lowest BCUT2D eigenvalue weighted by molar-refractivity contribution is 0.181. The Balaban J connectivity index is 1.66. The minimum atomic E-state index is 0.434. The average Bonchev–Trinajstić information content (AvgIpc) is 3.24. The largest absolute Gasteiger partial charge is 0.378 e. The Bertz CT molecular complexity index is 863. The highest BCUT2D eigenvalue weighted by Crippen LogP contribution is 2.34. The Morgan fingerprint density at radius 3 is 3.00 bits per heavy atom. The summed E-state index contributed by atoms with van der Waals surface area (Å²) in [7, 11) is 1.69. The normalized spacial score (nSPS) is 17.8. The van der Waals surface area contributed by atoms with E-state index in [-0.39, 0.29) is 0 Å². The average molecular weight is 343 g/mol. The summed E-state index contributed by atoms with van der Waals surface area (Å²) in [4.78, 5) is 6.93. The van der Waals surface area contributed by atoms with Gasteiger partial charge in [0.25, 0.3) is 0 Å². The van der Waals surface area contributed by atoms with Crippen LogP contribution in [-0.4, -0.2) is 34.8 Å². The van der Waals surface area contributed by atoms with Gasteiger partial charge in [0.15, 0.2) is 5.65 Å². The van der Waals surface area contributed by atoms with Gasteiger partial charge in [-0.3, -0.25) is 0 Å². The second kappa shape index (κ2) is 6.42. The van der Waals surface area contributed by atoms with Crippen molar-refractivity contribution in [3.63, 3.8) is 0 Å². The number of methoxy groups -OCH3 is 1. The van der Waals surface area contributed by atoms with Gasteiger partial charge in [-0.05, 0) is 18.1 Å². The highest BCUT2D eigenvalue weighted by molar-refractivity contribution is 6.31. The zero-order chi connectivity index (χ0) is 16.5. The quantitative estimate of drug-likeness (QED) is 0.727. The molecule has 4 rings (SSSR count). The van der Waals surface area contributed by atoms with Crippen LogP contribution >= 0.6 is 11.6 Å². The maximum Gasteiger partial charge on any atom is 0.157 e. The molecular weight excluding hydrogens is 324 g/mol. The van der Waals surface area contributed by atoms with Crippen molar-refractivity contribution < 1.29 is 4.74 Å². The van der Waals surface area contributed by atoms with Gasteiger partial charge in [0.05, 0.1) is 18.5 Å². The molecule has 0 N–H and O–H groups in total. The van der Waals surface area contributed by atoms with Gasteiger partial charge in [-0.15, -0.1) is 0 Å². The lowest BCUT2D eigenvalue weighted by Crippen LogP contribution is -2.23. The van der Waals surface area contributed by atoms with Crippen molar-refractivity contribution >= 4 is 23.1 Å². The van der Waals surface area contributed by atoms with Gasteiger partial charge in [-0.1, -0.05) is 29.8 Å². The zero-order valence-electron chi connectivity index (χ0n) is 13.5. The molecule has 0 saturated carbocycles. The highest BCUT2D eigenvalue weighted by atomic mass is 35.5. The van der Waals surface area contributed by atoms with Crippen LogP contribution in [0.5, 0.6) is 0 Å². The van der Waals surface area contributed by atoms with E-state index in [1.54, 1.807) is 13.3 Å². The first-order valence-corrected chi connectivity index (χ1v) is 8.46. The molecule has 2 aromatic heterocycles. The fourth-order valence-corrected chi connectivity index (χ4v) is 3.71. The van der Waals surface area contributed by atoms with E-state index < -0.39 is 0 Å². The Hall–Kier alpha value is -2.11. The van der Waals surface area contributed by atoms with Crippen LogP contribution in [0.3, 0.4) is 0 Å². The van der Waals surface area contributed by atoms with E-state index in [9.17, 15) is 0 Å². The number of benzene rings is 1. The molecule has 1 fully saturated rings. The zero-order valence-corrected chi connectivity index (χ0v) is 14.3. The van der Waals surface area contributed by atoms with Crippen molar-refractivity contribution in [3.05, 3.63) is 58.9 Å². The maximum absolute atomic E-state index is 6.38. The lowest BCUT2D eigenvalue weighted by atomic mass is 9.98. The third kappa shape index (κ3) is 2.74. The van der Waals surface area contributed by atoms with Crippen LogP contribution in [0.4, 0.5) is 5.82 Å². The van der Waals surface area contributed by atoms with Crippen molar-refractivity contribution in [3.8, 4) is 0 Å². The second-order valence-electron chi connectivity index (χ2n) is 6.09. The van der Waals surface area contributed by atoms with E-state index in [1.165, 1.54) is 5.56 Å². The number of hydrogen-bond donors (Lipinski definition) is 0. The van der Waals surface area contributed by atoms with Crippen LogP contribution in [0.2, 0.25) is 5.02 Å². The van der Waals surface area contributed by atoms with Crippen LogP contribution in [0.25, 0.3) is 5.65 Å². The molecule has 0 unspecified atom stereocenters. The summed E-state index contributed by atoms with van der Waals surface area (Å²) in [6.07, 6.45) is 2.86. The van der Waals surface area contributed by atoms with Gasteiger partial charge in [-0.2, -0.15) is 9.61 Å². The van der Waals surface area contributed by atoms with E-state index in [4.69, 9.17) is 16.3 Å². The molecule has 1 saturated heterocycles. The van der Waals surface area contributed by atoms with Gasteiger partial charge in [0.2, 0.25) is 0 Å². The molecule has 0 radical (unpaired) electrons. The molecule has 0 amide bonds. The lowest BCUT2D eigenvalue weighted by Gasteiger charge is -2.20. The molecule has 1 aliphatic heterocycles. The fourth-order valence-electron chi connectivity index (χ4n) is 3.42. The van der Waals surface area contributed by atoms with E-state index in [0.29, 0.717) is 12.5 Å². The minimum Gasteiger partial charge on any atom is -0.378 e. The van der Waals surface area contributed by atoms with E-state index >= 15 is 0 Å². The molecule has 0 aliphatic carbocycles. The minimum absolute atomic E-state index is 0.434. The number of hydrogen-bond acceptors (Lipinski definition) is 4. The first-order chi connectivity index (χ1) is 11.8. The number of ether oxygens (including phenoxy) is 1. The first kappa shape index (κ1) is 15.4. The van der Waals surface area contributed by atoms with Crippen molar-refractivity contribution in [2.45, 2.75) is 18.9 Å². The fraction of sp³-hybridized carbons (Fsp3) is 0.333. The summed E-state index contributed by atoms with van der Waals surface area (Å²) in [6.45, 7) is 2.40. The number of rotatable bonds is 4.